The fraction of sp³-hybridized carbons (Fsp3) is 0.517. The smallest absolute Gasteiger partial charge is 0.405 e. The number of aromatic hydroxyl groups is 2. The average Bonchev–Trinajstić information content (AvgIpc) is 2.94. The van der Waals surface area contributed by atoms with E-state index in [4.69, 9.17) is 19.9 Å². The van der Waals surface area contributed by atoms with Crippen molar-refractivity contribution in [2.24, 2.45) is 5.73 Å². The Kier molecular flexibility index (Phi) is 13.6. The van der Waals surface area contributed by atoms with Crippen LogP contribution in [0.25, 0.3) is 0 Å². The zero-order chi connectivity index (χ0) is 30.5. The van der Waals surface area contributed by atoms with Crippen LogP contribution >= 0.6 is 0 Å². The van der Waals surface area contributed by atoms with Gasteiger partial charge in [-0.25, -0.2) is 4.79 Å². The van der Waals surface area contributed by atoms with Gasteiger partial charge in [0.2, 0.25) is 0 Å². The Bertz CT molecular complexity index is 1130. The molecule has 4 atom stereocenters. The summed E-state index contributed by atoms with van der Waals surface area (Å²) in [5.41, 5.74) is 6.90. The second kappa shape index (κ2) is 16.6. The molecule has 1 aliphatic heterocycles. The number of primary amides is 1. The Labute approximate surface area is 240 Å². The molecule has 0 saturated heterocycles. The van der Waals surface area contributed by atoms with E-state index in [9.17, 15) is 30.0 Å². The van der Waals surface area contributed by atoms with Gasteiger partial charge in [-0.05, 0) is 51.5 Å². The van der Waals surface area contributed by atoms with Crippen LogP contribution < -0.4 is 16.4 Å². The molecule has 4 unspecified atom stereocenters. The Hall–Kier alpha value is -3.58. The van der Waals surface area contributed by atoms with Crippen LogP contribution in [0.5, 0.6) is 11.5 Å². The van der Waals surface area contributed by atoms with Crippen molar-refractivity contribution >= 4 is 23.4 Å². The number of rotatable bonds is 7. The van der Waals surface area contributed by atoms with Gasteiger partial charge in [0.1, 0.15) is 17.6 Å². The first-order valence-electron chi connectivity index (χ1n) is 13.5. The molecule has 8 N–H and O–H groups in total. The van der Waals surface area contributed by atoms with Gasteiger partial charge in [0.15, 0.2) is 6.10 Å². The predicted octanol–water partition coefficient (Wildman–Crippen LogP) is 2.86. The number of phenolic OH excluding ortho intramolecular Hbond substituents is 2. The molecule has 12 nitrogen and oxygen atoms in total. The highest BCUT2D eigenvalue weighted by molar-refractivity contribution is 6.04. The SMILES string of the molecule is COC1CC/C=C(\C)C(OC(N)=O)C(OC)/C=C\C=C(/C)C(=O)Nc2cc(O)c(NCC(O)CO)c(c2O)CCC1. The normalized spacial score (nSPS) is 25.1. The van der Waals surface area contributed by atoms with Crippen LogP contribution in [0.3, 0.4) is 0 Å². The van der Waals surface area contributed by atoms with Crippen LogP contribution in [-0.4, -0.2) is 84.2 Å². The van der Waals surface area contributed by atoms with Crippen LogP contribution in [-0.2, 0) is 25.4 Å². The van der Waals surface area contributed by atoms with Crippen molar-refractivity contribution in [3.05, 3.63) is 47.1 Å². The number of hydrogen-bond acceptors (Lipinski definition) is 10. The summed E-state index contributed by atoms with van der Waals surface area (Å²) in [6.45, 7) is 2.84. The van der Waals surface area contributed by atoms with E-state index < -0.39 is 36.9 Å². The first-order chi connectivity index (χ1) is 19.5. The van der Waals surface area contributed by atoms with E-state index in [1.165, 1.54) is 19.3 Å². The number of nitrogens with one attached hydrogen (secondary N) is 2. The van der Waals surface area contributed by atoms with Crippen LogP contribution in [0.1, 0.15) is 45.1 Å². The Morgan fingerprint density at radius 2 is 1.95 bits per heavy atom. The van der Waals surface area contributed by atoms with E-state index in [0.717, 1.165) is 5.57 Å². The number of benzene rings is 1. The summed E-state index contributed by atoms with van der Waals surface area (Å²) in [5, 5.41) is 46.4. The minimum absolute atomic E-state index is 0.0122. The molecular weight excluding hydrogens is 534 g/mol. The molecule has 2 rings (SSSR count). The second-order valence-electron chi connectivity index (χ2n) is 9.88. The molecule has 1 aromatic rings. The Balaban J connectivity index is 2.50. The zero-order valence-electron chi connectivity index (χ0n) is 24.1. The molecule has 1 heterocycles. The van der Waals surface area contributed by atoms with Gasteiger partial charge in [-0.2, -0.15) is 0 Å². The van der Waals surface area contributed by atoms with E-state index in [1.54, 1.807) is 26.2 Å². The number of carbonyl (C=O) groups is 2. The number of anilines is 2. The number of phenols is 2. The maximum atomic E-state index is 12.9. The van der Waals surface area contributed by atoms with Crippen molar-refractivity contribution in [3.8, 4) is 11.5 Å². The molecule has 0 saturated carbocycles. The number of methoxy groups -OCH3 is 2. The fourth-order valence-electron chi connectivity index (χ4n) is 4.49. The van der Waals surface area contributed by atoms with Crippen molar-refractivity contribution in [1.29, 1.82) is 0 Å². The first-order valence-corrected chi connectivity index (χ1v) is 13.5. The first kappa shape index (κ1) is 33.6. The van der Waals surface area contributed by atoms with Crippen LogP contribution in [0.2, 0.25) is 0 Å². The highest BCUT2D eigenvalue weighted by Crippen LogP contribution is 2.41. The minimum atomic E-state index is -1.08. The third kappa shape index (κ3) is 10.1. The third-order valence-corrected chi connectivity index (χ3v) is 6.86. The van der Waals surface area contributed by atoms with Crippen molar-refractivity contribution in [1.82, 2.24) is 0 Å². The predicted molar refractivity (Wildman–Crippen MR) is 155 cm³/mol. The highest BCUT2D eigenvalue weighted by atomic mass is 16.6. The summed E-state index contributed by atoms with van der Waals surface area (Å²) in [6.07, 6.45) is 5.85. The van der Waals surface area contributed by atoms with E-state index >= 15 is 0 Å². The van der Waals surface area contributed by atoms with E-state index in [0.29, 0.717) is 37.7 Å². The highest BCUT2D eigenvalue weighted by Gasteiger charge is 2.25. The van der Waals surface area contributed by atoms with Gasteiger partial charge >= 0.3 is 6.09 Å². The number of hydrogen-bond donors (Lipinski definition) is 7. The Morgan fingerprint density at radius 3 is 2.59 bits per heavy atom. The third-order valence-electron chi connectivity index (χ3n) is 6.86. The molecule has 12 heteroatoms. The number of allylic oxidation sites excluding steroid dienone is 3. The number of amides is 2. The molecule has 41 heavy (non-hydrogen) atoms. The second-order valence-corrected chi connectivity index (χ2v) is 9.88. The van der Waals surface area contributed by atoms with Crippen LogP contribution in [0, 0.1) is 0 Å². The maximum Gasteiger partial charge on any atom is 0.405 e. The number of carbonyl (C=O) groups excluding carboxylic acids is 2. The van der Waals surface area contributed by atoms with Gasteiger partial charge in [-0.1, -0.05) is 24.3 Å². The lowest BCUT2D eigenvalue weighted by atomic mass is 9.98. The quantitative estimate of drug-likeness (QED) is 0.144. The summed E-state index contributed by atoms with van der Waals surface area (Å²) >= 11 is 0. The van der Waals surface area contributed by atoms with E-state index in [1.807, 2.05) is 13.0 Å². The van der Waals surface area contributed by atoms with Crippen LogP contribution in [0.4, 0.5) is 16.2 Å². The van der Waals surface area contributed by atoms with E-state index in [-0.39, 0.29) is 41.1 Å². The standard InChI is InChI=1S/C29H43N3O9/c1-17-8-5-10-20(39-3)11-7-12-21-25(31-15-19(34)16-33)23(35)14-22(26(21)36)32-28(37)18(2)9-6-13-24(40-4)27(17)41-29(30)38/h6,8-9,13-14,19-20,24,27,31,33-36H,5,7,10-12,15-16H2,1-4H3,(H2,30,38)(H,32,37)/b13-6-,17-8+,18-9+. The molecule has 0 spiro atoms. The largest absolute Gasteiger partial charge is 0.506 e. The Morgan fingerprint density at radius 1 is 1.22 bits per heavy atom. The van der Waals surface area contributed by atoms with Gasteiger partial charge in [0.25, 0.3) is 5.91 Å². The lowest BCUT2D eigenvalue weighted by molar-refractivity contribution is -0.112. The zero-order valence-corrected chi connectivity index (χ0v) is 24.1. The molecule has 2 amide bonds. The molecular formula is C29H43N3O9. The topological polar surface area (TPSA) is 193 Å². The summed E-state index contributed by atoms with van der Waals surface area (Å²) in [7, 11) is 3.08. The van der Waals surface area contributed by atoms with Crippen molar-refractivity contribution < 1.29 is 44.2 Å². The summed E-state index contributed by atoms with van der Waals surface area (Å²) < 4.78 is 16.5. The van der Waals surface area contributed by atoms with Crippen molar-refractivity contribution in [2.75, 3.05) is 38.0 Å². The van der Waals surface area contributed by atoms with Gasteiger partial charge in [0, 0.05) is 38.0 Å². The molecule has 0 aliphatic carbocycles. The summed E-state index contributed by atoms with van der Waals surface area (Å²) in [4.78, 5) is 24.5. The molecule has 2 bridgehead atoms. The number of fused-ring (bicyclic) bond motifs is 2. The minimum Gasteiger partial charge on any atom is -0.506 e. The molecule has 0 aromatic heterocycles. The summed E-state index contributed by atoms with van der Waals surface area (Å²) in [6, 6.07) is 1.22. The molecule has 1 aromatic carbocycles. The number of aliphatic hydroxyl groups excluding tert-OH is 2. The lowest BCUT2D eigenvalue weighted by Crippen LogP contribution is -2.34. The van der Waals surface area contributed by atoms with Crippen LogP contribution in [0.15, 0.2) is 41.5 Å². The van der Waals surface area contributed by atoms with Gasteiger partial charge < -0.3 is 51.0 Å². The van der Waals surface area contributed by atoms with Gasteiger partial charge in [0.05, 0.1) is 30.2 Å². The summed E-state index contributed by atoms with van der Waals surface area (Å²) in [5.74, 6) is -0.992. The molecule has 0 radical (unpaired) electrons. The number of ether oxygens (including phenoxy) is 3. The number of nitrogens with two attached hydrogens (primary N) is 1. The van der Waals surface area contributed by atoms with Crippen molar-refractivity contribution in [2.45, 2.75) is 70.4 Å². The fourth-order valence-corrected chi connectivity index (χ4v) is 4.49. The number of aliphatic hydroxyl groups is 2. The van der Waals surface area contributed by atoms with Gasteiger partial charge in [-0.15, -0.1) is 0 Å². The monoisotopic (exact) mass is 577 g/mol. The molecule has 0 fully saturated rings. The maximum absolute atomic E-state index is 12.9. The van der Waals surface area contributed by atoms with E-state index in [2.05, 4.69) is 10.6 Å². The van der Waals surface area contributed by atoms with Gasteiger partial charge in [-0.3, -0.25) is 4.79 Å². The molecule has 228 valence electrons. The lowest BCUT2D eigenvalue weighted by Gasteiger charge is -2.24. The molecule has 1 aliphatic rings. The van der Waals surface area contributed by atoms with Crippen molar-refractivity contribution in [3.63, 3.8) is 0 Å². The average molecular weight is 578 g/mol.